The molecule has 1 heterocycles. The lowest BCUT2D eigenvalue weighted by Gasteiger charge is -2.10. The highest BCUT2D eigenvalue weighted by Crippen LogP contribution is 2.25. The number of halogens is 3. The number of amides is 1. The largest absolute Gasteiger partial charge is 0.573 e. The predicted molar refractivity (Wildman–Crippen MR) is 124 cm³/mol. The van der Waals surface area contributed by atoms with E-state index in [1.54, 1.807) is 24.3 Å². The van der Waals surface area contributed by atoms with Gasteiger partial charge in [-0.3, -0.25) is 9.59 Å². The number of pyridine rings is 1. The number of rotatable bonds is 10. The van der Waals surface area contributed by atoms with Crippen LogP contribution >= 0.6 is 11.8 Å². The smallest absolute Gasteiger partial charge is 0.497 e. The van der Waals surface area contributed by atoms with E-state index in [4.69, 9.17) is 9.47 Å². The van der Waals surface area contributed by atoms with Crippen LogP contribution in [0, 0.1) is 0 Å². The molecule has 36 heavy (non-hydrogen) atoms. The molecule has 0 atom stereocenters. The molecule has 0 aliphatic heterocycles. The molecule has 1 amide bonds. The molecule has 2 aromatic carbocycles. The molecular weight excluding hydrogens is 501 g/mol. The van der Waals surface area contributed by atoms with Crippen molar-refractivity contribution >= 4 is 35.1 Å². The Hall–Kier alpha value is -4.06. The van der Waals surface area contributed by atoms with Crippen LogP contribution in [0.15, 0.2) is 71.9 Å². The molecule has 12 heteroatoms. The summed E-state index contributed by atoms with van der Waals surface area (Å²) in [6.07, 6.45) is -3.38. The van der Waals surface area contributed by atoms with E-state index < -0.39 is 36.4 Å². The second kappa shape index (κ2) is 12.1. The summed E-state index contributed by atoms with van der Waals surface area (Å²) in [7, 11) is 1.50. The molecule has 8 nitrogen and oxygen atoms in total. The molecular formula is C24H19F3N2O6S. The molecule has 0 aliphatic carbocycles. The summed E-state index contributed by atoms with van der Waals surface area (Å²) in [4.78, 5) is 41.2. The molecule has 0 fully saturated rings. The Labute approximate surface area is 207 Å². The van der Waals surface area contributed by atoms with E-state index >= 15 is 0 Å². The summed E-state index contributed by atoms with van der Waals surface area (Å²) in [6, 6.07) is 13.9. The summed E-state index contributed by atoms with van der Waals surface area (Å²) in [5.74, 6) is -1.66. The summed E-state index contributed by atoms with van der Waals surface area (Å²) in [5.41, 5.74) is 0.679. The van der Waals surface area contributed by atoms with Gasteiger partial charge in [0.15, 0.2) is 12.4 Å². The lowest BCUT2D eigenvalue weighted by Crippen LogP contribution is -2.17. The number of methoxy groups -OCH3 is 1. The van der Waals surface area contributed by atoms with Gasteiger partial charge in [-0.25, -0.2) is 9.78 Å². The number of nitrogens with zero attached hydrogens (tertiary/aromatic N) is 1. The summed E-state index contributed by atoms with van der Waals surface area (Å²) in [6.45, 7) is -0.487. The number of thioether (sulfide) groups is 1. The van der Waals surface area contributed by atoms with Crippen LogP contribution in [0.25, 0.3) is 0 Å². The molecule has 0 saturated heterocycles. The molecule has 1 aromatic heterocycles. The van der Waals surface area contributed by atoms with E-state index in [9.17, 15) is 27.6 Å². The number of carbonyl (C=O) groups excluding carboxylic acids is 3. The molecule has 0 saturated carbocycles. The highest BCUT2D eigenvalue weighted by atomic mass is 32.2. The molecule has 1 N–H and O–H groups in total. The average Bonchev–Trinajstić information content (AvgIpc) is 2.86. The Bertz CT molecular complexity index is 1220. The number of hydrogen-bond donors (Lipinski definition) is 1. The van der Waals surface area contributed by atoms with E-state index in [-0.39, 0.29) is 22.0 Å². The third kappa shape index (κ3) is 8.01. The number of hydrogen-bond acceptors (Lipinski definition) is 8. The van der Waals surface area contributed by atoms with E-state index in [0.29, 0.717) is 11.3 Å². The van der Waals surface area contributed by atoms with Crippen molar-refractivity contribution in [2.45, 2.75) is 11.4 Å². The van der Waals surface area contributed by atoms with Crippen LogP contribution in [-0.4, -0.2) is 48.5 Å². The monoisotopic (exact) mass is 520 g/mol. The van der Waals surface area contributed by atoms with E-state index in [0.717, 1.165) is 23.9 Å². The Morgan fingerprint density at radius 2 is 1.64 bits per heavy atom. The van der Waals surface area contributed by atoms with Gasteiger partial charge in [-0.05, 0) is 60.7 Å². The maximum absolute atomic E-state index is 12.5. The second-order valence-corrected chi connectivity index (χ2v) is 7.96. The number of esters is 1. The molecule has 3 aromatic rings. The maximum Gasteiger partial charge on any atom is 0.573 e. The minimum absolute atomic E-state index is 0.0754. The van der Waals surface area contributed by atoms with Gasteiger partial charge in [0.1, 0.15) is 16.5 Å². The fourth-order valence-corrected chi connectivity index (χ4v) is 3.58. The lowest BCUT2D eigenvalue weighted by molar-refractivity contribution is -0.274. The number of nitrogens with one attached hydrogen (secondary N) is 1. The summed E-state index contributed by atoms with van der Waals surface area (Å²) in [5, 5.41) is 2.73. The standard InChI is InChI=1S/C24H19F3N2O6S/c1-33-17-8-4-15(5-9-17)20(30)13-34-23(32)19-3-2-12-28-22(19)36-14-21(31)29-16-6-10-18(11-7-16)35-24(25,26)27/h2-12H,13-14H2,1H3,(H,29,31). The van der Waals surface area contributed by atoms with Crippen molar-refractivity contribution in [1.82, 2.24) is 4.98 Å². The third-order valence-electron chi connectivity index (χ3n) is 4.45. The highest BCUT2D eigenvalue weighted by Gasteiger charge is 2.31. The zero-order chi connectivity index (χ0) is 26.1. The molecule has 0 spiro atoms. The predicted octanol–water partition coefficient (Wildman–Crippen LogP) is 4.76. The number of aromatic nitrogens is 1. The first-order valence-corrected chi connectivity index (χ1v) is 11.2. The Kier molecular flexibility index (Phi) is 8.90. The van der Waals surface area contributed by atoms with Crippen molar-refractivity contribution < 1.29 is 41.8 Å². The topological polar surface area (TPSA) is 104 Å². The van der Waals surface area contributed by atoms with E-state index in [2.05, 4.69) is 15.0 Å². The van der Waals surface area contributed by atoms with Crippen molar-refractivity contribution in [1.29, 1.82) is 0 Å². The Morgan fingerprint density at radius 3 is 2.28 bits per heavy atom. The molecule has 0 aliphatic rings. The van der Waals surface area contributed by atoms with Crippen LogP contribution in [0.3, 0.4) is 0 Å². The number of anilines is 1. The number of benzene rings is 2. The van der Waals surface area contributed by atoms with Crippen LogP contribution in [0.2, 0.25) is 0 Å². The quantitative estimate of drug-likeness (QED) is 0.232. The molecule has 188 valence electrons. The van der Waals surface area contributed by atoms with Crippen LogP contribution in [0.5, 0.6) is 11.5 Å². The minimum Gasteiger partial charge on any atom is -0.497 e. The SMILES string of the molecule is COc1ccc(C(=O)COC(=O)c2cccnc2SCC(=O)Nc2ccc(OC(F)(F)F)cc2)cc1. The van der Waals surface area contributed by atoms with Crippen molar-refractivity contribution in [3.63, 3.8) is 0 Å². The van der Waals surface area contributed by atoms with Gasteiger partial charge in [-0.1, -0.05) is 11.8 Å². The highest BCUT2D eigenvalue weighted by molar-refractivity contribution is 8.00. The number of ketones is 1. The fourth-order valence-electron chi connectivity index (χ4n) is 2.80. The number of carbonyl (C=O) groups is 3. The van der Waals surface area contributed by atoms with Crippen molar-refractivity contribution in [2.24, 2.45) is 0 Å². The fraction of sp³-hybridized carbons (Fsp3) is 0.167. The molecule has 0 bridgehead atoms. The van der Waals surface area contributed by atoms with Gasteiger partial charge in [0.25, 0.3) is 0 Å². The normalized spacial score (nSPS) is 10.9. The van der Waals surface area contributed by atoms with Crippen molar-refractivity contribution in [3.05, 3.63) is 78.0 Å². The van der Waals surface area contributed by atoms with Crippen LogP contribution in [-0.2, 0) is 9.53 Å². The maximum atomic E-state index is 12.5. The van der Waals surface area contributed by atoms with Gasteiger partial charge in [-0.2, -0.15) is 0 Å². The summed E-state index contributed by atoms with van der Waals surface area (Å²) < 4.78 is 50.7. The molecule has 0 radical (unpaired) electrons. The van der Waals surface area contributed by atoms with Gasteiger partial charge in [0, 0.05) is 17.4 Å². The number of ether oxygens (including phenoxy) is 3. The summed E-state index contributed by atoms with van der Waals surface area (Å²) >= 11 is 0.952. The number of alkyl halides is 3. The van der Waals surface area contributed by atoms with Crippen LogP contribution in [0.1, 0.15) is 20.7 Å². The van der Waals surface area contributed by atoms with Gasteiger partial charge < -0.3 is 19.5 Å². The van der Waals surface area contributed by atoms with Crippen LogP contribution < -0.4 is 14.8 Å². The van der Waals surface area contributed by atoms with E-state index in [1.807, 2.05) is 0 Å². The molecule has 0 unspecified atom stereocenters. The Balaban J connectivity index is 1.53. The second-order valence-electron chi connectivity index (χ2n) is 6.99. The first kappa shape index (κ1) is 26.5. The van der Waals surface area contributed by atoms with Crippen molar-refractivity contribution in [3.8, 4) is 11.5 Å². The zero-order valence-corrected chi connectivity index (χ0v) is 19.5. The van der Waals surface area contributed by atoms with Crippen molar-refractivity contribution in [2.75, 3.05) is 24.8 Å². The molecule has 3 rings (SSSR count). The van der Waals surface area contributed by atoms with Crippen LogP contribution in [0.4, 0.5) is 18.9 Å². The average molecular weight is 520 g/mol. The van der Waals surface area contributed by atoms with Gasteiger partial charge in [-0.15, -0.1) is 13.2 Å². The minimum atomic E-state index is -4.81. The zero-order valence-electron chi connectivity index (χ0n) is 18.7. The number of Topliss-reactive ketones (excluding diaryl/α,β-unsaturated/α-hetero) is 1. The lowest BCUT2D eigenvalue weighted by atomic mass is 10.1. The van der Waals surface area contributed by atoms with Gasteiger partial charge in [0.05, 0.1) is 18.4 Å². The van der Waals surface area contributed by atoms with E-state index in [1.165, 1.54) is 37.6 Å². The van der Waals surface area contributed by atoms with Gasteiger partial charge >= 0.3 is 12.3 Å². The first-order chi connectivity index (χ1) is 17.1. The Morgan fingerprint density at radius 1 is 0.972 bits per heavy atom. The first-order valence-electron chi connectivity index (χ1n) is 10.2. The third-order valence-corrected chi connectivity index (χ3v) is 5.45. The van der Waals surface area contributed by atoms with Gasteiger partial charge in [0.2, 0.25) is 5.91 Å².